The second-order valence-corrected chi connectivity index (χ2v) is 20.9. The first-order chi connectivity index (χ1) is 38.7. The molecule has 3 heterocycles. The zero-order valence-corrected chi connectivity index (χ0v) is 42.2. The van der Waals surface area contributed by atoms with Crippen LogP contribution in [0.1, 0.15) is 44.5 Å². The summed E-state index contributed by atoms with van der Waals surface area (Å²) in [6.45, 7) is 0. The van der Waals surface area contributed by atoms with E-state index in [-0.39, 0.29) is 0 Å². The largest absolute Gasteiger partial charge is 0.457 e. The Morgan fingerprint density at radius 1 is 0.269 bits per heavy atom. The van der Waals surface area contributed by atoms with E-state index < -0.39 is 10.8 Å². The number of anilines is 3. The van der Waals surface area contributed by atoms with E-state index in [4.69, 9.17) is 13.9 Å². The molecule has 2 spiro atoms. The summed E-state index contributed by atoms with van der Waals surface area (Å²) in [4.78, 5) is 2.52. The molecular weight excluding hydrogens is 951 g/mol. The van der Waals surface area contributed by atoms with Crippen molar-refractivity contribution in [3.63, 3.8) is 0 Å². The van der Waals surface area contributed by atoms with Gasteiger partial charge in [-0.05, 0) is 122 Å². The van der Waals surface area contributed by atoms with Gasteiger partial charge in [0.15, 0.2) is 0 Å². The summed E-state index contributed by atoms with van der Waals surface area (Å²) < 4.78 is 19.9. The van der Waals surface area contributed by atoms with E-state index in [9.17, 15) is 0 Å². The van der Waals surface area contributed by atoms with Gasteiger partial charge in [0.2, 0.25) is 0 Å². The third-order valence-corrected chi connectivity index (χ3v) is 17.2. The van der Waals surface area contributed by atoms with E-state index in [1.54, 1.807) is 0 Å². The summed E-state index contributed by atoms with van der Waals surface area (Å²) in [6, 6.07) is 99.3. The minimum absolute atomic E-state index is 0.613. The van der Waals surface area contributed by atoms with Gasteiger partial charge >= 0.3 is 0 Å². The van der Waals surface area contributed by atoms with Crippen molar-refractivity contribution in [2.75, 3.05) is 4.90 Å². The lowest BCUT2D eigenvalue weighted by Crippen LogP contribution is -2.32. The van der Waals surface area contributed by atoms with Crippen LogP contribution in [0, 0.1) is 0 Å². The Hall–Kier alpha value is -10.2. The van der Waals surface area contributed by atoms with Gasteiger partial charge < -0.3 is 18.8 Å². The van der Waals surface area contributed by atoms with Crippen LogP contribution in [0.25, 0.3) is 66.4 Å². The molecule has 4 aliphatic rings. The molecule has 12 aromatic carbocycles. The standard InChI is InChI=1S/C74H45NO3/c1-5-24-55-53(21-1)71-52(23-17-30-61(71)73(55)57-26-7-13-35-66(57)77-67-36-14-8-27-58(67)73)49-19-3-11-32-63(49)75(48-42-39-46(40-43-48)47-41-44-51-50-20-4-12-34-65(50)76-70(51)45-47)64-33-18-31-62-72(64)54-22-2-6-25-56(54)74(62)59-28-9-15-37-68(59)78-69-38-16-10-29-60(69)74/h1-45H. The molecule has 78 heavy (non-hydrogen) atoms. The number of rotatable bonds is 5. The number of benzene rings is 12. The summed E-state index contributed by atoms with van der Waals surface area (Å²) in [7, 11) is 0. The van der Waals surface area contributed by atoms with E-state index in [1.807, 2.05) is 12.1 Å². The quantitative estimate of drug-likeness (QED) is 0.172. The lowest BCUT2D eigenvalue weighted by atomic mass is 9.66. The zero-order chi connectivity index (χ0) is 51.1. The number of hydrogen-bond acceptors (Lipinski definition) is 4. The molecule has 364 valence electrons. The fourth-order valence-corrected chi connectivity index (χ4v) is 14.2. The Balaban J connectivity index is 0.923. The fourth-order valence-electron chi connectivity index (χ4n) is 14.2. The van der Waals surface area contributed by atoms with Crippen molar-refractivity contribution in [2.24, 2.45) is 0 Å². The summed E-state index contributed by atoms with van der Waals surface area (Å²) >= 11 is 0. The van der Waals surface area contributed by atoms with Gasteiger partial charge in [-0.15, -0.1) is 0 Å². The summed E-state index contributed by atoms with van der Waals surface area (Å²) in [5, 5.41) is 2.24. The van der Waals surface area contributed by atoms with Crippen LogP contribution in [-0.2, 0) is 10.8 Å². The average Bonchev–Trinajstić information content (AvgIpc) is 4.20. The fraction of sp³-hybridized carbons (Fsp3) is 0.0270. The molecule has 0 fully saturated rings. The van der Waals surface area contributed by atoms with Gasteiger partial charge in [-0.3, -0.25) is 0 Å². The van der Waals surface area contributed by atoms with Crippen LogP contribution in [0.2, 0.25) is 0 Å². The highest BCUT2D eigenvalue weighted by Gasteiger charge is 2.53. The predicted molar refractivity (Wildman–Crippen MR) is 314 cm³/mol. The molecule has 0 unspecified atom stereocenters. The Morgan fingerprint density at radius 3 is 1.31 bits per heavy atom. The number of furan rings is 1. The molecular formula is C74H45NO3. The van der Waals surface area contributed by atoms with Crippen LogP contribution in [0.3, 0.4) is 0 Å². The highest BCUT2D eigenvalue weighted by Crippen LogP contribution is 2.66. The monoisotopic (exact) mass is 995 g/mol. The Kier molecular flexibility index (Phi) is 8.94. The van der Waals surface area contributed by atoms with E-state index >= 15 is 0 Å². The molecule has 0 bridgehead atoms. The van der Waals surface area contributed by atoms with Crippen LogP contribution in [0.5, 0.6) is 23.0 Å². The summed E-state index contributed by atoms with van der Waals surface area (Å²) in [5.41, 5.74) is 22.5. The van der Waals surface area contributed by atoms with Crippen molar-refractivity contribution in [1.29, 1.82) is 0 Å². The van der Waals surface area contributed by atoms with Crippen molar-refractivity contribution >= 4 is 39.0 Å². The average molecular weight is 996 g/mol. The molecule has 0 amide bonds. The zero-order valence-electron chi connectivity index (χ0n) is 42.2. The number of fused-ring (bicyclic) bond motifs is 21. The summed E-state index contributed by atoms with van der Waals surface area (Å²) in [6.07, 6.45) is 0. The molecule has 0 saturated carbocycles. The Labute approximate surface area is 451 Å². The van der Waals surface area contributed by atoms with Crippen LogP contribution < -0.4 is 14.4 Å². The number of ether oxygens (including phenoxy) is 2. The van der Waals surface area contributed by atoms with Crippen molar-refractivity contribution in [3.8, 4) is 67.5 Å². The summed E-state index contributed by atoms with van der Waals surface area (Å²) in [5.74, 6) is 3.49. The molecule has 13 aromatic rings. The Morgan fingerprint density at radius 2 is 0.692 bits per heavy atom. The molecule has 0 atom stereocenters. The van der Waals surface area contributed by atoms with Crippen LogP contribution in [-0.4, -0.2) is 0 Å². The lowest BCUT2D eigenvalue weighted by molar-refractivity contribution is 0.436. The van der Waals surface area contributed by atoms with Gasteiger partial charge in [-0.1, -0.05) is 206 Å². The topological polar surface area (TPSA) is 34.8 Å². The van der Waals surface area contributed by atoms with Crippen molar-refractivity contribution < 1.29 is 13.9 Å². The normalized spacial score (nSPS) is 14.1. The minimum Gasteiger partial charge on any atom is -0.457 e. The molecule has 0 saturated heterocycles. The predicted octanol–water partition coefficient (Wildman–Crippen LogP) is 19.3. The van der Waals surface area contributed by atoms with Gasteiger partial charge in [-0.25, -0.2) is 0 Å². The molecule has 2 aliphatic heterocycles. The first-order valence-electron chi connectivity index (χ1n) is 26.8. The maximum absolute atomic E-state index is 6.78. The van der Waals surface area contributed by atoms with Gasteiger partial charge in [0.25, 0.3) is 0 Å². The number of para-hydroxylation sites is 6. The van der Waals surface area contributed by atoms with Crippen molar-refractivity contribution in [3.05, 3.63) is 317 Å². The van der Waals surface area contributed by atoms with Crippen LogP contribution in [0.4, 0.5) is 17.1 Å². The lowest BCUT2D eigenvalue weighted by Gasteiger charge is -2.39. The van der Waals surface area contributed by atoms with Gasteiger partial charge in [0.05, 0.1) is 22.2 Å². The second kappa shape index (κ2) is 16.2. The second-order valence-electron chi connectivity index (χ2n) is 20.9. The molecule has 2 aliphatic carbocycles. The molecule has 4 nitrogen and oxygen atoms in total. The van der Waals surface area contributed by atoms with E-state index in [0.29, 0.717) is 0 Å². The van der Waals surface area contributed by atoms with Gasteiger partial charge in [-0.2, -0.15) is 0 Å². The molecule has 1 aromatic heterocycles. The first kappa shape index (κ1) is 43.1. The first-order valence-corrected chi connectivity index (χ1v) is 26.8. The molecule has 0 N–H and O–H groups in total. The molecule has 4 heteroatoms. The molecule has 17 rings (SSSR count). The number of hydrogen-bond donors (Lipinski definition) is 0. The van der Waals surface area contributed by atoms with E-state index in [1.165, 1.54) is 44.5 Å². The Bertz CT molecular complexity index is 4570. The third kappa shape index (κ3) is 5.68. The smallest absolute Gasteiger partial charge is 0.136 e. The van der Waals surface area contributed by atoms with Gasteiger partial charge in [0, 0.05) is 49.8 Å². The minimum atomic E-state index is -0.647. The van der Waals surface area contributed by atoms with E-state index in [0.717, 1.165) is 107 Å². The highest BCUT2D eigenvalue weighted by molar-refractivity contribution is 6.07. The third-order valence-electron chi connectivity index (χ3n) is 17.2. The van der Waals surface area contributed by atoms with Crippen LogP contribution >= 0.6 is 0 Å². The SMILES string of the molecule is c1ccc2c(c1)Oc1ccccc1C21c2ccccc2-c2c(-c3ccccc3N(c3ccc(-c4ccc5c(c4)oc4ccccc45)cc3)c3cccc4c3-c3ccccc3C43c4ccccc4Oc4ccccc43)cccc21. The maximum atomic E-state index is 6.78. The number of nitrogens with zero attached hydrogens (tertiary/aromatic N) is 1. The molecule has 0 radical (unpaired) electrons. The van der Waals surface area contributed by atoms with E-state index in [2.05, 4.69) is 266 Å². The maximum Gasteiger partial charge on any atom is 0.136 e. The van der Waals surface area contributed by atoms with Crippen molar-refractivity contribution in [1.82, 2.24) is 0 Å². The van der Waals surface area contributed by atoms with Crippen molar-refractivity contribution in [2.45, 2.75) is 10.8 Å². The highest BCUT2D eigenvalue weighted by atomic mass is 16.5. The van der Waals surface area contributed by atoms with Crippen LogP contribution in [0.15, 0.2) is 277 Å². The van der Waals surface area contributed by atoms with Gasteiger partial charge in [0.1, 0.15) is 34.2 Å².